The van der Waals surface area contributed by atoms with E-state index in [1.54, 1.807) is 24.5 Å². The topological polar surface area (TPSA) is 106 Å². The number of fused-ring (bicyclic) bond motifs is 2. The SMILES string of the molecule is NC(=O)c1ccc(-c2cncc3nc(C(=O)O)sc23)c2ccccc12. The van der Waals surface area contributed by atoms with Crippen LogP contribution in [0.25, 0.3) is 32.1 Å². The zero-order valence-electron chi connectivity index (χ0n) is 12.8. The van der Waals surface area contributed by atoms with Gasteiger partial charge in [0.2, 0.25) is 10.9 Å². The van der Waals surface area contributed by atoms with Crippen molar-refractivity contribution < 1.29 is 14.7 Å². The number of carboxylic acids is 1. The van der Waals surface area contributed by atoms with Crippen LogP contribution in [0.4, 0.5) is 0 Å². The van der Waals surface area contributed by atoms with Crippen LogP contribution in [-0.4, -0.2) is 27.0 Å². The highest BCUT2D eigenvalue weighted by atomic mass is 32.1. The molecule has 0 saturated carbocycles. The number of nitrogens with zero attached hydrogens (tertiary/aromatic N) is 2. The quantitative estimate of drug-likeness (QED) is 0.590. The molecule has 0 aliphatic heterocycles. The van der Waals surface area contributed by atoms with E-state index in [-0.39, 0.29) is 5.01 Å². The summed E-state index contributed by atoms with van der Waals surface area (Å²) < 4.78 is 0.740. The third-order valence-electron chi connectivity index (χ3n) is 3.96. The number of primary amides is 1. The normalized spacial score (nSPS) is 11.0. The zero-order valence-corrected chi connectivity index (χ0v) is 13.6. The number of thiazole rings is 1. The van der Waals surface area contributed by atoms with E-state index in [4.69, 9.17) is 5.73 Å². The molecule has 2 aromatic carbocycles. The third kappa shape index (κ3) is 2.41. The van der Waals surface area contributed by atoms with Crippen molar-refractivity contribution in [2.75, 3.05) is 0 Å². The Morgan fingerprint density at radius 3 is 2.48 bits per heavy atom. The highest BCUT2D eigenvalue weighted by molar-refractivity contribution is 7.20. The molecule has 122 valence electrons. The van der Waals surface area contributed by atoms with Crippen molar-refractivity contribution in [3.63, 3.8) is 0 Å². The Balaban J connectivity index is 2.06. The van der Waals surface area contributed by atoms with E-state index in [0.29, 0.717) is 11.1 Å². The molecule has 3 N–H and O–H groups in total. The standard InChI is InChI=1S/C18H11N3O3S/c19-16(22)12-6-5-11(9-3-1-2-4-10(9)12)13-7-20-8-14-15(13)25-17(21-14)18(23)24/h1-8H,(H2,19,22)(H,23,24). The summed E-state index contributed by atoms with van der Waals surface area (Å²) in [7, 11) is 0. The van der Waals surface area contributed by atoms with Crippen LogP contribution in [0, 0.1) is 0 Å². The number of benzene rings is 2. The first-order chi connectivity index (χ1) is 12.1. The Morgan fingerprint density at radius 2 is 1.76 bits per heavy atom. The van der Waals surface area contributed by atoms with Gasteiger partial charge in [0.1, 0.15) is 5.52 Å². The fraction of sp³-hybridized carbons (Fsp3) is 0. The van der Waals surface area contributed by atoms with E-state index in [2.05, 4.69) is 9.97 Å². The van der Waals surface area contributed by atoms with Gasteiger partial charge >= 0.3 is 5.97 Å². The number of aromatic nitrogens is 2. The third-order valence-corrected chi connectivity index (χ3v) is 5.05. The van der Waals surface area contributed by atoms with Crippen molar-refractivity contribution in [2.45, 2.75) is 0 Å². The molecule has 0 bridgehead atoms. The lowest BCUT2D eigenvalue weighted by Crippen LogP contribution is -2.11. The fourth-order valence-corrected chi connectivity index (χ4v) is 3.79. The summed E-state index contributed by atoms with van der Waals surface area (Å²) in [4.78, 5) is 31.2. The molecule has 0 aliphatic rings. The summed E-state index contributed by atoms with van der Waals surface area (Å²) in [6, 6.07) is 10.9. The maximum Gasteiger partial charge on any atom is 0.365 e. The molecule has 0 aliphatic carbocycles. The lowest BCUT2D eigenvalue weighted by atomic mass is 9.95. The molecular formula is C18H11N3O3S. The van der Waals surface area contributed by atoms with Gasteiger partial charge < -0.3 is 10.8 Å². The molecule has 0 radical (unpaired) electrons. The van der Waals surface area contributed by atoms with Gasteiger partial charge in [0.25, 0.3) is 0 Å². The molecule has 0 fully saturated rings. The van der Waals surface area contributed by atoms with Crippen LogP contribution < -0.4 is 5.73 Å². The number of amides is 1. The molecule has 0 saturated heterocycles. The van der Waals surface area contributed by atoms with E-state index in [0.717, 1.165) is 37.9 Å². The van der Waals surface area contributed by atoms with Crippen LogP contribution in [0.15, 0.2) is 48.8 Å². The molecule has 0 atom stereocenters. The van der Waals surface area contributed by atoms with Crippen molar-refractivity contribution in [3.8, 4) is 11.1 Å². The van der Waals surface area contributed by atoms with Gasteiger partial charge in [-0.05, 0) is 22.4 Å². The highest BCUT2D eigenvalue weighted by Gasteiger charge is 2.17. The second-order valence-electron chi connectivity index (χ2n) is 5.43. The Bertz CT molecular complexity index is 1170. The molecule has 25 heavy (non-hydrogen) atoms. The lowest BCUT2D eigenvalue weighted by Gasteiger charge is -2.10. The Morgan fingerprint density at radius 1 is 1.00 bits per heavy atom. The Hall–Kier alpha value is -3.32. The second-order valence-corrected chi connectivity index (χ2v) is 6.43. The average molecular weight is 349 g/mol. The van der Waals surface area contributed by atoms with Crippen molar-refractivity contribution in [1.82, 2.24) is 9.97 Å². The number of rotatable bonds is 3. The molecular weight excluding hydrogens is 338 g/mol. The van der Waals surface area contributed by atoms with Gasteiger partial charge in [-0.1, -0.05) is 30.3 Å². The van der Waals surface area contributed by atoms with Crippen LogP contribution in [0.5, 0.6) is 0 Å². The van der Waals surface area contributed by atoms with E-state index in [9.17, 15) is 14.7 Å². The number of aromatic carboxylic acids is 1. The van der Waals surface area contributed by atoms with Crippen LogP contribution in [0.3, 0.4) is 0 Å². The number of carbonyl (C=O) groups excluding carboxylic acids is 1. The van der Waals surface area contributed by atoms with Crippen molar-refractivity contribution >= 4 is 44.2 Å². The maximum absolute atomic E-state index is 11.7. The summed E-state index contributed by atoms with van der Waals surface area (Å²) in [5.41, 5.74) is 8.06. The monoisotopic (exact) mass is 349 g/mol. The number of pyridine rings is 1. The molecule has 6 nitrogen and oxygen atoms in total. The summed E-state index contributed by atoms with van der Waals surface area (Å²) in [6.45, 7) is 0. The summed E-state index contributed by atoms with van der Waals surface area (Å²) in [5.74, 6) is -1.56. The fourth-order valence-electron chi connectivity index (χ4n) is 2.89. The summed E-state index contributed by atoms with van der Waals surface area (Å²) in [6.07, 6.45) is 3.22. The van der Waals surface area contributed by atoms with Crippen LogP contribution in [0.1, 0.15) is 20.2 Å². The van der Waals surface area contributed by atoms with E-state index in [1.807, 2.05) is 24.3 Å². The smallest absolute Gasteiger partial charge is 0.365 e. The molecule has 2 heterocycles. The number of hydrogen-bond donors (Lipinski definition) is 2. The van der Waals surface area contributed by atoms with Gasteiger partial charge in [-0.15, -0.1) is 11.3 Å². The molecule has 2 aromatic heterocycles. The first-order valence-corrected chi connectivity index (χ1v) is 8.17. The number of carbonyl (C=O) groups is 2. The molecule has 4 rings (SSSR count). The Kier molecular flexibility index (Phi) is 3.43. The average Bonchev–Trinajstić information content (AvgIpc) is 3.05. The molecule has 1 amide bonds. The molecule has 4 aromatic rings. The van der Waals surface area contributed by atoms with Crippen LogP contribution >= 0.6 is 11.3 Å². The van der Waals surface area contributed by atoms with Crippen molar-refractivity contribution in [1.29, 1.82) is 0 Å². The minimum atomic E-state index is -1.07. The number of carboxylic acid groups (broad SMARTS) is 1. The highest BCUT2D eigenvalue weighted by Crippen LogP contribution is 2.37. The maximum atomic E-state index is 11.7. The lowest BCUT2D eigenvalue weighted by molar-refractivity contribution is 0.0696. The first kappa shape index (κ1) is 15.2. The van der Waals surface area contributed by atoms with Gasteiger partial charge in [0, 0.05) is 17.3 Å². The molecule has 0 spiro atoms. The Labute approximate surface area is 145 Å². The summed E-state index contributed by atoms with van der Waals surface area (Å²) >= 11 is 1.10. The zero-order chi connectivity index (χ0) is 17.6. The largest absolute Gasteiger partial charge is 0.476 e. The second kappa shape index (κ2) is 5.64. The minimum absolute atomic E-state index is 0.0160. The predicted octanol–water partition coefficient (Wildman–Crippen LogP) is 3.31. The van der Waals surface area contributed by atoms with Gasteiger partial charge in [0.15, 0.2) is 0 Å². The van der Waals surface area contributed by atoms with Gasteiger partial charge in [-0.2, -0.15) is 0 Å². The van der Waals surface area contributed by atoms with Gasteiger partial charge in [0.05, 0.1) is 10.9 Å². The predicted molar refractivity (Wildman–Crippen MR) is 95.8 cm³/mol. The summed E-state index contributed by atoms with van der Waals surface area (Å²) in [5, 5.41) is 10.8. The van der Waals surface area contributed by atoms with Crippen molar-refractivity contribution in [3.05, 3.63) is 59.4 Å². The van der Waals surface area contributed by atoms with Crippen LogP contribution in [0.2, 0.25) is 0 Å². The van der Waals surface area contributed by atoms with Crippen LogP contribution in [-0.2, 0) is 0 Å². The van der Waals surface area contributed by atoms with Crippen molar-refractivity contribution in [2.24, 2.45) is 5.73 Å². The first-order valence-electron chi connectivity index (χ1n) is 7.36. The van der Waals surface area contributed by atoms with Gasteiger partial charge in [-0.3, -0.25) is 9.78 Å². The number of hydrogen-bond acceptors (Lipinski definition) is 5. The van der Waals surface area contributed by atoms with Gasteiger partial charge in [-0.25, -0.2) is 9.78 Å². The van der Waals surface area contributed by atoms with E-state index < -0.39 is 11.9 Å². The molecule has 0 unspecified atom stereocenters. The number of nitrogens with two attached hydrogens (primary N) is 1. The molecule has 7 heteroatoms. The minimum Gasteiger partial charge on any atom is -0.476 e. The van der Waals surface area contributed by atoms with E-state index >= 15 is 0 Å². The van der Waals surface area contributed by atoms with E-state index in [1.165, 1.54) is 0 Å².